The van der Waals surface area contributed by atoms with Gasteiger partial charge in [-0.2, -0.15) is 0 Å². The minimum absolute atomic E-state index is 0.0850. The van der Waals surface area contributed by atoms with Gasteiger partial charge in [0.05, 0.1) is 13.2 Å². The van der Waals surface area contributed by atoms with Crippen molar-refractivity contribution in [2.24, 2.45) is 0 Å². The van der Waals surface area contributed by atoms with E-state index < -0.39 is 43.2 Å². The lowest BCUT2D eigenvalue weighted by atomic mass is 9.93. The zero-order valence-electron chi connectivity index (χ0n) is 20.3. The molecule has 2 aromatic rings. The SMILES string of the molecule is COC(=O)OC[C@H]1O[C@](O)(Oc2nn(C3CCC3)c(C)c2Cc2ccc(C)c(F)c2)[C@H](O)[C@@H](O)[C@@H]1O. The van der Waals surface area contributed by atoms with Crippen molar-refractivity contribution in [1.29, 1.82) is 0 Å². The number of ether oxygens (including phenoxy) is 4. The van der Waals surface area contributed by atoms with E-state index >= 15 is 0 Å². The first-order valence-electron chi connectivity index (χ1n) is 11.7. The smallest absolute Gasteiger partial charge is 0.438 e. The number of halogens is 1. The van der Waals surface area contributed by atoms with Gasteiger partial charge in [0, 0.05) is 17.7 Å². The Morgan fingerprint density at radius 3 is 2.58 bits per heavy atom. The molecule has 2 heterocycles. The maximum atomic E-state index is 14.2. The number of aliphatic hydroxyl groups is 4. The van der Waals surface area contributed by atoms with Crippen LogP contribution in [0.4, 0.5) is 9.18 Å². The molecule has 2 fully saturated rings. The van der Waals surface area contributed by atoms with Crippen molar-refractivity contribution < 1.29 is 48.6 Å². The first kappa shape index (κ1) is 26.3. The second kappa shape index (κ2) is 10.3. The number of methoxy groups -OCH3 is 1. The van der Waals surface area contributed by atoms with E-state index in [1.165, 1.54) is 6.07 Å². The van der Waals surface area contributed by atoms with Gasteiger partial charge in [0.1, 0.15) is 30.7 Å². The molecule has 0 unspecified atom stereocenters. The highest BCUT2D eigenvalue weighted by Crippen LogP contribution is 2.38. The molecule has 36 heavy (non-hydrogen) atoms. The Morgan fingerprint density at radius 2 is 1.97 bits per heavy atom. The van der Waals surface area contributed by atoms with Crippen LogP contribution in [0, 0.1) is 19.7 Å². The van der Waals surface area contributed by atoms with E-state index in [0.29, 0.717) is 16.7 Å². The molecule has 1 aromatic heterocycles. The van der Waals surface area contributed by atoms with Gasteiger partial charge in [0.15, 0.2) is 6.10 Å². The predicted molar refractivity (Wildman–Crippen MR) is 121 cm³/mol. The lowest BCUT2D eigenvalue weighted by molar-refractivity contribution is -0.423. The zero-order valence-corrected chi connectivity index (χ0v) is 20.3. The number of rotatable bonds is 7. The van der Waals surface area contributed by atoms with E-state index in [4.69, 9.17) is 14.2 Å². The van der Waals surface area contributed by atoms with Gasteiger partial charge in [-0.15, -0.1) is 5.10 Å². The minimum Gasteiger partial charge on any atom is -0.438 e. The summed E-state index contributed by atoms with van der Waals surface area (Å²) < 4.78 is 36.2. The van der Waals surface area contributed by atoms with Crippen molar-refractivity contribution in [1.82, 2.24) is 9.78 Å². The van der Waals surface area contributed by atoms with Crippen molar-refractivity contribution in [3.8, 4) is 5.88 Å². The predicted octanol–water partition coefficient (Wildman–Crippen LogP) is 1.24. The Kier molecular flexibility index (Phi) is 7.53. The second-order valence-electron chi connectivity index (χ2n) is 9.24. The summed E-state index contributed by atoms with van der Waals surface area (Å²) in [6, 6.07) is 4.95. The average molecular weight is 511 g/mol. The number of carbonyl (C=O) groups excluding carboxylic acids is 1. The highest BCUT2D eigenvalue weighted by atomic mass is 19.1. The Hall–Kier alpha value is -2.77. The molecule has 1 aliphatic carbocycles. The van der Waals surface area contributed by atoms with Crippen molar-refractivity contribution in [2.45, 2.75) is 76.0 Å². The Bertz CT molecular complexity index is 1110. The molecule has 0 amide bonds. The maximum absolute atomic E-state index is 14.2. The van der Waals surface area contributed by atoms with Gasteiger partial charge in [0.25, 0.3) is 0 Å². The summed E-state index contributed by atoms with van der Waals surface area (Å²) in [6.45, 7) is 2.88. The van der Waals surface area contributed by atoms with Crippen LogP contribution in [0.25, 0.3) is 0 Å². The van der Waals surface area contributed by atoms with Gasteiger partial charge in [0.2, 0.25) is 5.88 Å². The number of benzene rings is 1. The monoisotopic (exact) mass is 510 g/mol. The molecule has 11 nitrogen and oxygen atoms in total. The molecule has 1 saturated carbocycles. The van der Waals surface area contributed by atoms with Crippen LogP contribution in [0.1, 0.15) is 47.7 Å². The van der Waals surface area contributed by atoms with Crippen LogP contribution in [0.5, 0.6) is 5.88 Å². The molecule has 198 valence electrons. The molecule has 5 atom stereocenters. The van der Waals surface area contributed by atoms with Gasteiger partial charge in [-0.3, -0.25) is 4.68 Å². The molecular formula is C24H31FN2O9. The molecule has 0 spiro atoms. The number of carbonyl (C=O) groups is 1. The highest BCUT2D eigenvalue weighted by Gasteiger charge is 2.56. The van der Waals surface area contributed by atoms with E-state index in [2.05, 4.69) is 9.84 Å². The first-order chi connectivity index (χ1) is 17.0. The summed E-state index contributed by atoms with van der Waals surface area (Å²) in [7, 11) is 1.08. The van der Waals surface area contributed by atoms with Crippen LogP contribution in [0.3, 0.4) is 0 Å². The van der Waals surface area contributed by atoms with Crippen molar-refractivity contribution in [3.63, 3.8) is 0 Å². The van der Waals surface area contributed by atoms with E-state index in [1.54, 1.807) is 23.7 Å². The highest BCUT2D eigenvalue weighted by molar-refractivity contribution is 5.59. The van der Waals surface area contributed by atoms with Crippen LogP contribution in [-0.2, 0) is 20.6 Å². The van der Waals surface area contributed by atoms with Gasteiger partial charge in [-0.05, 0) is 50.3 Å². The van der Waals surface area contributed by atoms with Gasteiger partial charge < -0.3 is 39.4 Å². The third kappa shape index (κ3) is 5.04. The molecule has 12 heteroatoms. The van der Waals surface area contributed by atoms with Crippen molar-refractivity contribution in [2.75, 3.05) is 13.7 Å². The second-order valence-corrected chi connectivity index (χ2v) is 9.24. The largest absolute Gasteiger partial charge is 0.508 e. The fraction of sp³-hybridized carbons (Fsp3) is 0.583. The maximum Gasteiger partial charge on any atom is 0.508 e. The van der Waals surface area contributed by atoms with Gasteiger partial charge in [-0.25, -0.2) is 9.18 Å². The molecule has 0 bridgehead atoms. The van der Waals surface area contributed by atoms with Crippen LogP contribution >= 0.6 is 0 Å². The lowest BCUT2D eigenvalue weighted by Gasteiger charge is -2.44. The molecule has 1 saturated heterocycles. The van der Waals surface area contributed by atoms with Crippen LogP contribution in [0.2, 0.25) is 0 Å². The number of nitrogens with zero attached hydrogens (tertiary/aromatic N) is 2. The molecule has 4 rings (SSSR count). The van der Waals surface area contributed by atoms with E-state index in [0.717, 1.165) is 32.1 Å². The summed E-state index contributed by atoms with van der Waals surface area (Å²) >= 11 is 0. The van der Waals surface area contributed by atoms with Crippen molar-refractivity contribution in [3.05, 3.63) is 46.4 Å². The van der Waals surface area contributed by atoms with E-state index in [9.17, 15) is 29.6 Å². The third-order valence-electron chi connectivity index (χ3n) is 6.80. The normalized spacial score (nSPS) is 28.4. The number of aryl methyl sites for hydroxylation is 1. The number of aliphatic hydroxyl groups excluding tert-OH is 3. The topological polar surface area (TPSA) is 153 Å². The number of aromatic nitrogens is 2. The Morgan fingerprint density at radius 1 is 1.25 bits per heavy atom. The summed E-state index contributed by atoms with van der Waals surface area (Å²) in [6.07, 6.45) is -5.19. The molecule has 1 aromatic carbocycles. The molecule has 1 aliphatic heterocycles. The fourth-order valence-electron chi connectivity index (χ4n) is 4.29. The first-order valence-corrected chi connectivity index (χ1v) is 11.7. The summed E-state index contributed by atoms with van der Waals surface area (Å²) in [5.74, 6) is -3.30. The van der Waals surface area contributed by atoms with Crippen LogP contribution in [-0.4, -0.2) is 80.5 Å². The Balaban J connectivity index is 1.65. The Labute approximate surface area is 207 Å². The lowest BCUT2D eigenvalue weighted by Crippen LogP contribution is -2.67. The van der Waals surface area contributed by atoms with Crippen molar-refractivity contribution >= 4 is 6.16 Å². The van der Waals surface area contributed by atoms with E-state index in [-0.39, 0.29) is 24.2 Å². The molecule has 2 aliphatic rings. The van der Waals surface area contributed by atoms with Gasteiger partial charge >= 0.3 is 12.1 Å². The van der Waals surface area contributed by atoms with Crippen LogP contribution in [0.15, 0.2) is 18.2 Å². The van der Waals surface area contributed by atoms with E-state index in [1.807, 2.05) is 6.92 Å². The summed E-state index contributed by atoms with van der Waals surface area (Å²) in [4.78, 5) is 11.3. The fourth-order valence-corrected chi connectivity index (χ4v) is 4.29. The number of hydrogen-bond acceptors (Lipinski definition) is 10. The zero-order chi connectivity index (χ0) is 26.2. The quantitative estimate of drug-likeness (QED) is 0.316. The standard InChI is InChI=1S/C24H31FN2O9/c1-12-7-8-14(10-17(12)25)9-16-13(2)27(15-5-4-6-15)26-22(16)36-24(32)21(30)20(29)19(28)18(35-24)11-34-23(31)33-3/h7-8,10,15,18-21,28-30,32H,4-6,9,11H2,1-3H3/t18-,19-,20+,21-,24+/m1/s1. The molecule has 4 N–H and O–H groups in total. The van der Waals surface area contributed by atoms with Gasteiger partial charge in [-0.1, -0.05) is 12.1 Å². The molecule has 0 radical (unpaired) electrons. The summed E-state index contributed by atoms with van der Waals surface area (Å²) in [5.41, 5.74) is 2.39. The average Bonchev–Trinajstić information content (AvgIpc) is 3.09. The van der Waals surface area contributed by atoms with Crippen LogP contribution < -0.4 is 4.74 Å². The molecular weight excluding hydrogens is 479 g/mol. The number of hydrogen-bond donors (Lipinski definition) is 4. The summed E-state index contributed by atoms with van der Waals surface area (Å²) in [5, 5.41) is 46.8. The minimum atomic E-state index is -2.85. The third-order valence-corrected chi connectivity index (χ3v) is 6.80.